The number of carbonyl (C=O) groups excluding carboxylic acids is 3. The lowest BCUT2D eigenvalue weighted by Crippen LogP contribution is -2.27. The third kappa shape index (κ3) is 4.13. The van der Waals surface area contributed by atoms with Crippen molar-refractivity contribution < 1.29 is 37.7 Å². The summed E-state index contributed by atoms with van der Waals surface area (Å²) in [5, 5.41) is -0.449. The van der Waals surface area contributed by atoms with Crippen molar-refractivity contribution in [2.45, 2.75) is 6.54 Å². The lowest BCUT2D eigenvalue weighted by Gasteiger charge is -2.13. The van der Waals surface area contributed by atoms with Crippen molar-refractivity contribution in [1.82, 2.24) is 4.90 Å². The first-order valence-electron chi connectivity index (χ1n) is 8.64. The highest BCUT2D eigenvalue weighted by Crippen LogP contribution is 2.40. The van der Waals surface area contributed by atoms with Gasteiger partial charge in [0.15, 0.2) is 11.5 Å². The second kappa shape index (κ2) is 8.95. The van der Waals surface area contributed by atoms with Crippen molar-refractivity contribution in [2.24, 2.45) is 0 Å². The van der Waals surface area contributed by atoms with E-state index in [0.29, 0.717) is 22.8 Å². The van der Waals surface area contributed by atoms with Crippen LogP contribution in [0.3, 0.4) is 0 Å². The topological polar surface area (TPSA) is 105 Å². The Morgan fingerprint density at radius 1 is 1.07 bits per heavy atom. The molecule has 3 rings (SSSR count). The van der Waals surface area contributed by atoms with Gasteiger partial charge in [-0.05, 0) is 47.7 Å². The third-order valence-electron chi connectivity index (χ3n) is 4.22. The maximum absolute atomic E-state index is 12.7. The van der Waals surface area contributed by atoms with Crippen LogP contribution in [0.2, 0.25) is 0 Å². The Morgan fingerprint density at radius 3 is 2.30 bits per heavy atom. The van der Waals surface area contributed by atoms with Crippen LogP contribution in [-0.4, -0.2) is 50.5 Å². The maximum atomic E-state index is 12.7. The number of rotatable bonds is 7. The fourth-order valence-electron chi connectivity index (χ4n) is 2.80. The smallest absolute Gasteiger partial charge is 0.373 e. The fraction of sp³-hybridized carbons (Fsp3) is 0.250. The van der Waals surface area contributed by atoms with Gasteiger partial charge in [0.05, 0.1) is 39.9 Å². The number of carbonyl (C=O) groups is 3. The summed E-state index contributed by atoms with van der Waals surface area (Å²) in [4.78, 5) is 37.9. The molecule has 2 aromatic rings. The molecule has 0 atom stereocenters. The van der Waals surface area contributed by atoms with E-state index in [1.165, 1.54) is 40.6 Å². The first-order valence-corrected chi connectivity index (χ1v) is 9.45. The molecule has 2 amide bonds. The summed E-state index contributed by atoms with van der Waals surface area (Å²) in [6.07, 6.45) is 1.57. The predicted octanol–water partition coefficient (Wildman–Crippen LogP) is 3.33. The number of hydrogen-bond donors (Lipinski definition) is 0. The van der Waals surface area contributed by atoms with E-state index in [9.17, 15) is 14.4 Å². The van der Waals surface area contributed by atoms with E-state index >= 15 is 0 Å². The second-order valence-electron chi connectivity index (χ2n) is 5.98. The number of furan rings is 1. The van der Waals surface area contributed by atoms with Gasteiger partial charge in [-0.15, -0.1) is 0 Å². The Hall–Kier alpha value is -3.40. The Balaban J connectivity index is 1.84. The molecule has 0 saturated carbocycles. The molecule has 9 nitrogen and oxygen atoms in total. The van der Waals surface area contributed by atoms with Gasteiger partial charge in [0.1, 0.15) is 5.76 Å². The Kier molecular flexibility index (Phi) is 6.36. The lowest BCUT2D eigenvalue weighted by atomic mass is 10.1. The van der Waals surface area contributed by atoms with E-state index in [1.807, 2.05) is 0 Å². The number of esters is 1. The minimum atomic E-state index is -0.641. The van der Waals surface area contributed by atoms with Crippen molar-refractivity contribution in [2.75, 3.05) is 28.4 Å². The SMILES string of the molecule is COC(=O)c1ccc(CN2C(=O)S/C(=C/c3cc(OC)c(OC)c(OC)c3)C2=O)o1. The standard InChI is InChI=1S/C20H19NO8S/c1-25-14-7-11(8-15(26-2)17(14)27-3)9-16-18(22)21(20(24)30-16)10-12-5-6-13(29-12)19(23)28-4/h5-9H,10H2,1-4H3/b16-9+. The molecule has 1 aliphatic rings. The summed E-state index contributed by atoms with van der Waals surface area (Å²) in [5.74, 6) is 0.428. The number of benzene rings is 1. The maximum Gasteiger partial charge on any atom is 0.373 e. The molecule has 10 heteroatoms. The summed E-state index contributed by atoms with van der Waals surface area (Å²) >= 11 is 0.803. The van der Waals surface area contributed by atoms with Gasteiger partial charge in [-0.2, -0.15) is 0 Å². The predicted molar refractivity (Wildman–Crippen MR) is 108 cm³/mol. The molecule has 158 valence electrons. The molecule has 1 aromatic carbocycles. The summed E-state index contributed by atoms with van der Waals surface area (Å²) < 4.78 is 25.8. The number of methoxy groups -OCH3 is 4. The molecule has 2 heterocycles. The molecule has 0 radical (unpaired) electrons. The highest BCUT2D eigenvalue weighted by Gasteiger charge is 2.36. The summed E-state index contributed by atoms with van der Waals surface area (Å²) in [7, 11) is 5.70. The van der Waals surface area contributed by atoms with Crippen LogP contribution >= 0.6 is 11.8 Å². The van der Waals surface area contributed by atoms with E-state index in [-0.39, 0.29) is 23.0 Å². The van der Waals surface area contributed by atoms with Gasteiger partial charge in [-0.3, -0.25) is 14.5 Å². The van der Waals surface area contributed by atoms with Crippen molar-refractivity contribution >= 4 is 35.0 Å². The van der Waals surface area contributed by atoms with E-state index in [0.717, 1.165) is 16.7 Å². The Morgan fingerprint density at radius 2 is 1.73 bits per heavy atom. The fourth-order valence-corrected chi connectivity index (χ4v) is 3.64. The minimum Gasteiger partial charge on any atom is -0.493 e. The van der Waals surface area contributed by atoms with Gasteiger partial charge in [0.25, 0.3) is 11.1 Å². The molecule has 0 aliphatic carbocycles. The zero-order chi connectivity index (χ0) is 21.8. The van der Waals surface area contributed by atoms with Crippen LogP contribution < -0.4 is 14.2 Å². The molecule has 1 aromatic heterocycles. The second-order valence-corrected chi connectivity index (χ2v) is 6.98. The molecule has 1 aliphatic heterocycles. The van der Waals surface area contributed by atoms with Gasteiger partial charge in [-0.1, -0.05) is 0 Å². The third-order valence-corrected chi connectivity index (χ3v) is 5.13. The number of hydrogen-bond acceptors (Lipinski definition) is 9. The van der Waals surface area contributed by atoms with Gasteiger partial charge >= 0.3 is 5.97 Å². The van der Waals surface area contributed by atoms with Crippen molar-refractivity contribution in [3.05, 3.63) is 46.3 Å². The first-order chi connectivity index (χ1) is 14.4. The molecule has 0 spiro atoms. The molecule has 0 N–H and O–H groups in total. The molecule has 0 bridgehead atoms. The highest BCUT2D eigenvalue weighted by molar-refractivity contribution is 8.18. The van der Waals surface area contributed by atoms with Crippen LogP contribution in [0, 0.1) is 0 Å². The number of amides is 2. The lowest BCUT2D eigenvalue weighted by molar-refractivity contribution is -0.123. The average molecular weight is 433 g/mol. The summed E-state index contributed by atoms with van der Waals surface area (Å²) in [5.41, 5.74) is 0.598. The van der Waals surface area contributed by atoms with Crippen LogP contribution in [0.25, 0.3) is 6.08 Å². The largest absolute Gasteiger partial charge is 0.493 e. The highest BCUT2D eigenvalue weighted by atomic mass is 32.2. The van der Waals surface area contributed by atoms with Gasteiger partial charge < -0.3 is 23.4 Å². The number of ether oxygens (including phenoxy) is 4. The number of imide groups is 1. The number of nitrogens with zero attached hydrogens (tertiary/aromatic N) is 1. The molecular weight excluding hydrogens is 414 g/mol. The zero-order valence-electron chi connectivity index (χ0n) is 16.7. The monoisotopic (exact) mass is 433 g/mol. The first kappa shape index (κ1) is 21.3. The van der Waals surface area contributed by atoms with E-state index < -0.39 is 17.1 Å². The quantitative estimate of drug-likeness (QED) is 0.480. The Labute approximate surface area is 176 Å². The van der Waals surface area contributed by atoms with Crippen LogP contribution in [0.1, 0.15) is 21.9 Å². The minimum absolute atomic E-state index is 0.00700. The molecule has 1 fully saturated rings. The van der Waals surface area contributed by atoms with Gasteiger partial charge in [-0.25, -0.2) is 4.79 Å². The molecule has 1 saturated heterocycles. The van der Waals surface area contributed by atoms with E-state index in [1.54, 1.807) is 18.2 Å². The zero-order valence-corrected chi connectivity index (χ0v) is 17.5. The van der Waals surface area contributed by atoms with Crippen molar-refractivity contribution in [3.8, 4) is 17.2 Å². The van der Waals surface area contributed by atoms with Crippen LogP contribution in [0.4, 0.5) is 4.79 Å². The van der Waals surface area contributed by atoms with Gasteiger partial charge in [0.2, 0.25) is 11.5 Å². The average Bonchev–Trinajstić information content (AvgIpc) is 3.32. The normalized spacial score (nSPS) is 14.9. The van der Waals surface area contributed by atoms with Crippen LogP contribution in [0.15, 0.2) is 33.6 Å². The van der Waals surface area contributed by atoms with Crippen molar-refractivity contribution in [1.29, 1.82) is 0 Å². The summed E-state index contributed by atoms with van der Waals surface area (Å²) in [6.45, 7) is -0.103. The molecular formula is C20H19NO8S. The van der Waals surface area contributed by atoms with Crippen LogP contribution in [-0.2, 0) is 16.1 Å². The van der Waals surface area contributed by atoms with E-state index in [2.05, 4.69) is 4.74 Å². The van der Waals surface area contributed by atoms with E-state index in [4.69, 9.17) is 18.6 Å². The molecule has 30 heavy (non-hydrogen) atoms. The molecule has 0 unspecified atom stereocenters. The van der Waals surface area contributed by atoms with Gasteiger partial charge in [0, 0.05) is 0 Å². The Bertz CT molecular complexity index is 1000. The number of thioether (sulfide) groups is 1. The summed E-state index contributed by atoms with van der Waals surface area (Å²) in [6, 6.07) is 6.28. The van der Waals surface area contributed by atoms with Crippen LogP contribution in [0.5, 0.6) is 17.2 Å². The van der Waals surface area contributed by atoms with Crippen molar-refractivity contribution in [3.63, 3.8) is 0 Å².